The lowest BCUT2D eigenvalue weighted by Gasteiger charge is -2.24. The van der Waals surface area contributed by atoms with Crippen molar-refractivity contribution in [2.75, 3.05) is 19.6 Å². The number of hydrogen-bond donors (Lipinski definition) is 1. The van der Waals surface area contributed by atoms with Gasteiger partial charge in [-0.15, -0.1) is 10.2 Å². The maximum Gasteiger partial charge on any atom is 0.207 e. The summed E-state index contributed by atoms with van der Waals surface area (Å²) < 4.78 is 0.546. The highest BCUT2D eigenvalue weighted by atomic mass is 35.5. The van der Waals surface area contributed by atoms with Gasteiger partial charge in [-0.05, 0) is 36.9 Å². The molecule has 0 radical (unpaired) electrons. The maximum atomic E-state index is 5.78. The molecular formula is C10H15ClN4S. The second-order valence-electron chi connectivity index (χ2n) is 4.61. The molecule has 2 saturated heterocycles. The average Bonchev–Trinajstić information content (AvgIpc) is 2.84. The van der Waals surface area contributed by atoms with Gasteiger partial charge < -0.3 is 5.32 Å². The topological polar surface area (TPSA) is 41.1 Å². The van der Waals surface area contributed by atoms with E-state index < -0.39 is 0 Å². The Labute approximate surface area is 104 Å². The van der Waals surface area contributed by atoms with Crippen molar-refractivity contribution < 1.29 is 0 Å². The van der Waals surface area contributed by atoms with Gasteiger partial charge in [0.05, 0.1) is 6.54 Å². The van der Waals surface area contributed by atoms with Crippen LogP contribution in [0.4, 0.5) is 0 Å². The van der Waals surface area contributed by atoms with Crippen LogP contribution in [0.25, 0.3) is 0 Å². The molecule has 3 heterocycles. The molecule has 16 heavy (non-hydrogen) atoms. The van der Waals surface area contributed by atoms with Crippen LogP contribution in [0.2, 0.25) is 4.47 Å². The zero-order valence-electron chi connectivity index (χ0n) is 9.03. The van der Waals surface area contributed by atoms with Gasteiger partial charge in [0.1, 0.15) is 5.01 Å². The fraction of sp³-hybridized carbons (Fsp3) is 0.800. The van der Waals surface area contributed by atoms with Gasteiger partial charge in [0, 0.05) is 19.1 Å². The van der Waals surface area contributed by atoms with E-state index >= 15 is 0 Å². The molecule has 0 spiro atoms. The van der Waals surface area contributed by atoms with E-state index in [-0.39, 0.29) is 0 Å². The lowest BCUT2D eigenvalue weighted by atomic mass is 9.94. The van der Waals surface area contributed by atoms with Gasteiger partial charge in [-0.3, -0.25) is 4.90 Å². The SMILES string of the molecule is Clc1nnc(CN2CC3CCCNC3C2)s1. The van der Waals surface area contributed by atoms with E-state index in [1.807, 2.05) is 0 Å². The van der Waals surface area contributed by atoms with Crippen molar-refractivity contribution >= 4 is 22.9 Å². The first-order chi connectivity index (χ1) is 7.81. The first kappa shape index (κ1) is 10.9. The summed E-state index contributed by atoms with van der Waals surface area (Å²) in [7, 11) is 0. The van der Waals surface area contributed by atoms with Crippen molar-refractivity contribution in [2.24, 2.45) is 5.92 Å². The molecule has 0 bridgehead atoms. The summed E-state index contributed by atoms with van der Waals surface area (Å²) in [5, 5.41) is 12.5. The summed E-state index contributed by atoms with van der Waals surface area (Å²) in [4.78, 5) is 2.46. The largest absolute Gasteiger partial charge is 0.312 e. The Hall–Kier alpha value is -0.230. The Morgan fingerprint density at radius 3 is 3.12 bits per heavy atom. The Bertz CT molecular complexity index is 355. The quantitative estimate of drug-likeness (QED) is 0.870. The second kappa shape index (κ2) is 4.56. The van der Waals surface area contributed by atoms with Crippen molar-refractivity contribution in [2.45, 2.75) is 25.4 Å². The van der Waals surface area contributed by atoms with E-state index in [1.54, 1.807) is 0 Å². The Morgan fingerprint density at radius 2 is 2.38 bits per heavy atom. The van der Waals surface area contributed by atoms with Crippen LogP contribution < -0.4 is 5.32 Å². The van der Waals surface area contributed by atoms with E-state index in [4.69, 9.17) is 11.6 Å². The van der Waals surface area contributed by atoms with Crippen molar-refractivity contribution in [3.63, 3.8) is 0 Å². The van der Waals surface area contributed by atoms with Gasteiger partial charge in [-0.2, -0.15) is 0 Å². The number of aromatic nitrogens is 2. The summed E-state index contributed by atoms with van der Waals surface area (Å²) in [6.07, 6.45) is 2.69. The molecule has 3 rings (SSSR count). The van der Waals surface area contributed by atoms with E-state index in [9.17, 15) is 0 Å². The lowest BCUT2D eigenvalue weighted by molar-refractivity contribution is 0.311. The van der Waals surface area contributed by atoms with Crippen LogP contribution in [0, 0.1) is 5.92 Å². The number of hydrogen-bond acceptors (Lipinski definition) is 5. The first-order valence-electron chi connectivity index (χ1n) is 5.75. The fourth-order valence-electron chi connectivity index (χ4n) is 2.75. The Kier molecular flexibility index (Phi) is 3.11. The maximum absolute atomic E-state index is 5.78. The third kappa shape index (κ3) is 2.22. The predicted octanol–water partition coefficient (Wildman–Crippen LogP) is 1.38. The van der Waals surface area contributed by atoms with Gasteiger partial charge in [0.2, 0.25) is 4.47 Å². The van der Waals surface area contributed by atoms with Gasteiger partial charge in [0.25, 0.3) is 0 Å². The van der Waals surface area contributed by atoms with E-state index in [0.717, 1.165) is 24.0 Å². The molecule has 0 aliphatic carbocycles. The van der Waals surface area contributed by atoms with Crippen LogP contribution >= 0.6 is 22.9 Å². The molecule has 0 aromatic carbocycles. The summed E-state index contributed by atoms with van der Waals surface area (Å²) >= 11 is 7.27. The summed E-state index contributed by atoms with van der Waals surface area (Å²) in [5.74, 6) is 0.831. The molecule has 2 atom stereocenters. The average molecular weight is 259 g/mol. The monoisotopic (exact) mass is 258 g/mol. The summed E-state index contributed by atoms with van der Waals surface area (Å²) in [6.45, 7) is 4.41. The third-order valence-electron chi connectivity index (χ3n) is 3.48. The Morgan fingerprint density at radius 1 is 1.44 bits per heavy atom. The van der Waals surface area contributed by atoms with Gasteiger partial charge in [-0.1, -0.05) is 11.3 Å². The molecule has 0 amide bonds. The molecule has 2 aliphatic rings. The lowest BCUT2D eigenvalue weighted by Crippen LogP contribution is -2.40. The van der Waals surface area contributed by atoms with Crippen LogP contribution in [0.3, 0.4) is 0 Å². The van der Waals surface area contributed by atoms with Gasteiger partial charge >= 0.3 is 0 Å². The molecule has 4 nitrogen and oxygen atoms in total. The van der Waals surface area contributed by atoms with Crippen LogP contribution in [0.5, 0.6) is 0 Å². The third-order valence-corrected chi connectivity index (χ3v) is 4.48. The van der Waals surface area contributed by atoms with Gasteiger partial charge in [0.15, 0.2) is 0 Å². The minimum Gasteiger partial charge on any atom is -0.312 e. The zero-order valence-corrected chi connectivity index (χ0v) is 10.6. The highest BCUT2D eigenvalue weighted by molar-refractivity contribution is 7.15. The molecule has 1 aromatic heterocycles. The van der Waals surface area contributed by atoms with Crippen molar-refractivity contribution in [3.05, 3.63) is 9.47 Å². The normalized spacial score (nSPS) is 30.6. The van der Waals surface area contributed by atoms with Crippen LogP contribution in [-0.2, 0) is 6.54 Å². The number of nitrogens with zero attached hydrogens (tertiary/aromatic N) is 3. The van der Waals surface area contributed by atoms with Crippen LogP contribution in [0.15, 0.2) is 0 Å². The van der Waals surface area contributed by atoms with E-state index in [2.05, 4.69) is 20.4 Å². The van der Waals surface area contributed by atoms with Crippen molar-refractivity contribution in [1.29, 1.82) is 0 Å². The summed E-state index contributed by atoms with van der Waals surface area (Å²) in [5.41, 5.74) is 0. The fourth-order valence-corrected chi connectivity index (χ4v) is 3.66. The van der Waals surface area contributed by atoms with Crippen LogP contribution in [0.1, 0.15) is 17.8 Å². The zero-order chi connectivity index (χ0) is 11.0. The van der Waals surface area contributed by atoms with Crippen molar-refractivity contribution in [3.8, 4) is 0 Å². The minimum absolute atomic E-state index is 0.546. The summed E-state index contributed by atoms with van der Waals surface area (Å²) in [6, 6.07) is 0.692. The molecular weight excluding hydrogens is 244 g/mol. The molecule has 0 saturated carbocycles. The number of piperidine rings is 1. The Balaban J connectivity index is 1.61. The standard InChI is InChI=1S/C10H15ClN4S/c11-10-14-13-9(16-10)6-15-4-7-2-1-3-12-8(7)5-15/h7-8,12H,1-6H2. The molecule has 2 fully saturated rings. The number of fused-ring (bicyclic) bond motifs is 1. The predicted molar refractivity (Wildman–Crippen MR) is 64.7 cm³/mol. The molecule has 1 N–H and O–H groups in total. The molecule has 1 aromatic rings. The molecule has 88 valence electrons. The minimum atomic E-state index is 0.546. The second-order valence-corrected chi connectivity index (χ2v) is 6.25. The van der Waals surface area contributed by atoms with E-state index in [1.165, 1.54) is 37.3 Å². The smallest absolute Gasteiger partial charge is 0.207 e. The molecule has 2 aliphatic heterocycles. The number of halogens is 1. The van der Waals surface area contributed by atoms with Gasteiger partial charge in [-0.25, -0.2) is 0 Å². The highest BCUT2D eigenvalue weighted by Crippen LogP contribution is 2.26. The first-order valence-corrected chi connectivity index (χ1v) is 6.94. The highest BCUT2D eigenvalue weighted by Gasteiger charge is 2.34. The molecule has 6 heteroatoms. The molecule has 2 unspecified atom stereocenters. The number of rotatable bonds is 2. The van der Waals surface area contributed by atoms with E-state index in [0.29, 0.717) is 10.5 Å². The number of likely N-dealkylation sites (tertiary alicyclic amines) is 1. The number of nitrogens with one attached hydrogen (secondary N) is 1. The van der Waals surface area contributed by atoms with Crippen molar-refractivity contribution in [1.82, 2.24) is 20.4 Å². The van der Waals surface area contributed by atoms with Crippen LogP contribution in [-0.4, -0.2) is 40.8 Å².